The van der Waals surface area contributed by atoms with Crippen molar-refractivity contribution in [3.05, 3.63) is 0 Å². The number of rotatable bonds is 6. The summed E-state index contributed by atoms with van der Waals surface area (Å²) in [6.45, 7) is 6.02. The van der Waals surface area contributed by atoms with Gasteiger partial charge >= 0.3 is 0 Å². The van der Waals surface area contributed by atoms with Crippen LogP contribution in [0.5, 0.6) is 0 Å². The minimum atomic E-state index is -0.887. The van der Waals surface area contributed by atoms with Gasteiger partial charge in [0.1, 0.15) is 5.41 Å². The molecule has 15 heavy (non-hydrogen) atoms. The fraction of sp³-hybridized carbons (Fsp3) is 0.818. The van der Waals surface area contributed by atoms with Gasteiger partial charge in [-0.2, -0.15) is 5.26 Å². The molecule has 0 fully saturated rings. The number of amides is 1. The van der Waals surface area contributed by atoms with Gasteiger partial charge in [-0.05, 0) is 19.8 Å². The van der Waals surface area contributed by atoms with Crippen molar-refractivity contribution in [3.63, 3.8) is 0 Å². The number of nitriles is 1. The van der Waals surface area contributed by atoms with Crippen LogP contribution in [-0.2, 0) is 9.53 Å². The predicted octanol–water partition coefficient (Wildman–Crippen LogP) is 1.47. The Morgan fingerprint density at radius 1 is 1.53 bits per heavy atom. The van der Waals surface area contributed by atoms with Crippen LogP contribution in [0.1, 0.15) is 33.6 Å². The van der Waals surface area contributed by atoms with E-state index in [1.54, 1.807) is 7.11 Å². The summed E-state index contributed by atoms with van der Waals surface area (Å²) in [4.78, 5) is 11.9. The van der Waals surface area contributed by atoms with E-state index in [1.165, 1.54) is 0 Å². The largest absolute Gasteiger partial charge is 0.383 e. The second-order valence-corrected chi connectivity index (χ2v) is 3.73. The Kier molecular flexibility index (Phi) is 5.95. The maximum atomic E-state index is 11.9. The average molecular weight is 212 g/mol. The molecule has 0 radical (unpaired) electrons. The minimum absolute atomic E-state index is 0.0617. The fourth-order valence-electron chi connectivity index (χ4n) is 1.43. The van der Waals surface area contributed by atoms with Crippen LogP contribution in [-0.4, -0.2) is 25.7 Å². The Morgan fingerprint density at radius 2 is 2.07 bits per heavy atom. The lowest BCUT2D eigenvalue weighted by molar-refractivity contribution is -0.129. The number of nitrogens with one attached hydrogen (secondary N) is 1. The lowest BCUT2D eigenvalue weighted by atomic mass is 9.83. The zero-order chi connectivity index (χ0) is 11.9. The fourth-order valence-corrected chi connectivity index (χ4v) is 1.43. The molecule has 0 rings (SSSR count). The molecule has 4 heteroatoms. The van der Waals surface area contributed by atoms with Crippen molar-refractivity contribution >= 4 is 5.91 Å². The molecule has 0 spiro atoms. The molecule has 0 bridgehead atoms. The third-order valence-electron chi connectivity index (χ3n) is 2.65. The van der Waals surface area contributed by atoms with Crippen molar-refractivity contribution in [1.29, 1.82) is 5.26 Å². The van der Waals surface area contributed by atoms with E-state index in [1.807, 2.05) is 20.8 Å². The monoisotopic (exact) mass is 212 g/mol. The van der Waals surface area contributed by atoms with Crippen LogP contribution >= 0.6 is 0 Å². The van der Waals surface area contributed by atoms with Gasteiger partial charge in [-0.1, -0.05) is 13.8 Å². The van der Waals surface area contributed by atoms with E-state index in [-0.39, 0.29) is 11.9 Å². The van der Waals surface area contributed by atoms with Gasteiger partial charge in [-0.3, -0.25) is 4.79 Å². The van der Waals surface area contributed by atoms with Crippen LogP contribution in [0.2, 0.25) is 0 Å². The molecule has 1 atom stereocenters. The molecular formula is C11H20N2O2. The molecule has 0 aliphatic heterocycles. The number of carbonyl (C=O) groups excluding carboxylic acids is 1. The van der Waals surface area contributed by atoms with Crippen molar-refractivity contribution < 1.29 is 9.53 Å². The predicted molar refractivity (Wildman–Crippen MR) is 58.1 cm³/mol. The van der Waals surface area contributed by atoms with Gasteiger partial charge in [-0.25, -0.2) is 0 Å². The number of methoxy groups -OCH3 is 1. The van der Waals surface area contributed by atoms with Gasteiger partial charge in [-0.15, -0.1) is 0 Å². The van der Waals surface area contributed by atoms with Gasteiger partial charge in [0.15, 0.2) is 0 Å². The summed E-state index contributed by atoms with van der Waals surface area (Å²) in [7, 11) is 1.58. The first kappa shape index (κ1) is 13.9. The normalized spacial score (nSPS) is 13.0. The second-order valence-electron chi connectivity index (χ2n) is 3.73. The first-order valence-corrected chi connectivity index (χ1v) is 5.27. The van der Waals surface area contributed by atoms with Gasteiger partial charge in [0, 0.05) is 13.2 Å². The highest BCUT2D eigenvalue weighted by Crippen LogP contribution is 2.25. The summed E-state index contributed by atoms with van der Waals surface area (Å²) in [5.74, 6) is -0.195. The Labute approximate surface area is 91.6 Å². The van der Waals surface area contributed by atoms with Gasteiger partial charge in [0.25, 0.3) is 0 Å². The van der Waals surface area contributed by atoms with Crippen molar-refractivity contribution in [2.45, 2.75) is 39.7 Å². The topological polar surface area (TPSA) is 62.1 Å². The highest BCUT2D eigenvalue weighted by molar-refractivity contribution is 5.85. The Hall–Kier alpha value is -1.08. The molecule has 0 aromatic heterocycles. The third kappa shape index (κ3) is 3.52. The van der Waals surface area contributed by atoms with Crippen LogP contribution in [0.3, 0.4) is 0 Å². The summed E-state index contributed by atoms with van der Waals surface area (Å²) in [5, 5.41) is 11.8. The molecule has 0 heterocycles. The van der Waals surface area contributed by atoms with Crippen LogP contribution in [0.25, 0.3) is 0 Å². The number of hydrogen-bond acceptors (Lipinski definition) is 3. The second kappa shape index (κ2) is 6.41. The lowest BCUT2D eigenvalue weighted by Crippen LogP contribution is -2.45. The van der Waals surface area contributed by atoms with Gasteiger partial charge in [0.2, 0.25) is 5.91 Å². The van der Waals surface area contributed by atoms with E-state index in [9.17, 15) is 4.79 Å². The van der Waals surface area contributed by atoms with E-state index >= 15 is 0 Å². The van der Waals surface area contributed by atoms with Crippen LogP contribution < -0.4 is 5.32 Å². The molecule has 0 saturated carbocycles. The number of nitrogens with zero attached hydrogens (tertiary/aromatic N) is 1. The summed E-state index contributed by atoms with van der Waals surface area (Å²) in [6, 6.07) is 2.05. The standard InChI is InChI=1S/C11H20N2O2/c1-5-11(6-2,8-12)10(14)13-9(3)7-15-4/h9H,5-7H2,1-4H3,(H,13,14). The Bertz CT molecular complexity index is 241. The highest BCUT2D eigenvalue weighted by Gasteiger charge is 2.35. The van der Waals surface area contributed by atoms with E-state index < -0.39 is 5.41 Å². The maximum absolute atomic E-state index is 11.9. The zero-order valence-corrected chi connectivity index (χ0v) is 9.96. The molecule has 0 saturated heterocycles. The molecule has 1 unspecified atom stereocenters. The number of ether oxygens (including phenoxy) is 1. The van der Waals surface area contributed by atoms with E-state index in [0.717, 1.165) is 0 Å². The van der Waals surface area contributed by atoms with Gasteiger partial charge < -0.3 is 10.1 Å². The summed E-state index contributed by atoms with van der Waals surface area (Å²) >= 11 is 0. The third-order valence-corrected chi connectivity index (χ3v) is 2.65. The minimum Gasteiger partial charge on any atom is -0.383 e. The van der Waals surface area contributed by atoms with Crippen LogP contribution in [0.15, 0.2) is 0 Å². The van der Waals surface area contributed by atoms with Crippen molar-refractivity contribution in [2.24, 2.45) is 5.41 Å². The molecule has 1 N–H and O–H groups in total. The lowest BCUT2D eigenvalue weighted by Gasteiger charge is -2.24. The summed E-state index contributed by atoms with van der Waals surface area (Å²) in [5.41, 5.74) is -0.887. The van der Waals surface area contributed by atoms with Crippen molar-refractivity contribution in [3.8, 4) is 6.07 Å². The molecular weight excluding hydrogens is 192 g/mol. The van der Waals surface area contributed by atoms with Crippen LogP contribution in [0.4, 0.5) is 0 Å². The Balaban J connectivity index is 4.47. The molecule has 4 nitrogen and oxygen atoms in total. The SMILES string of the molecule is CCC(C#N)(CC)C(=O)NC(C)COC. The zero-order valence-electron chi connectivity index (χ0n) is 9.96. The summed E-state index contributed by atoms with van der Waals surface area (Å²) < 4.78 is 4.92. The first-order chi connectivity index (χ1) is 7.06. The first-order valence-electron chi connectivity index (χ1n) is 5.27. The van der Waals surface area contributed by atoms with Crippen molar-refractivity contribution in [2.75, 3.05) is 13.7 Å². The van der Waals surface area contributed by atoms with Crippen LogP contribution in [0, 0.1) is 16.7 Å². The average Bonchev–Trinajstić information content (AvgIpc) is 2.21. The maximum Gasteiger partial charge on any atom is 0.240 e. The highest BCUT2D eigenvalue weighted by atomic mass is 16.5. The van der Waals surface area contributed by atoms with E-state index in [2.05, 4.69) is 11.4 Å². The quantitative estimate of drug-likeness (QED) is 0.725. The van der Waals surface area contributed by atoms with E-state index in [0.29, 0.717) is 19.4 Å². The molecule has 86 valence electrons. The van der Waals surface area contributed by atoms with E-state index in [4.69, 9.17) is 10.00 Å². The molecule has 0 aliphatic rings. The number of carbonyl (C=O) groups is 1. The molecule has 0 aromatic carbocycles. The number of hydrogen-bond donors (Lipinski definition) is 1. The van der Waals surface area contributed by atoms with Crippen molar-refractivity contribution in [1.82, 2.24) is 5.32 Å². The van der Waals surface area contributed by atoms with Gasteiger partial charge in [0.05, 0.1) is 12.7 Å². The smallest absolute Gasteiger partial charge is 0.240 e. The molecule has 1 amide bonds. The molecule has 0 aliphatic carbocycles. The molecule has 0 aromatic rings. The Morgan fingerprint density at radius 3 is 2.40 bits per heavy atom. The summed E-state index contributed by atoms with van der Waals surface area (Å²) in [6.07, 6.45) is 1.07.